The maximum Gasteiger partial charge on any atom is 0.416 e. The Morgan fingerprint density at radius 3 is 2.52 bits per heavy atom. The first-order valence-electron chi connectivity index (χ1n) is 10.0. The fourth-order valence-corrected chi connectivity index (χ4v) is 4.32. The second-order valence-corrected chi connectivity index (χ2v) is 8.64. The summed E-state index contributed by atoms with van der Waals surface area (Å²) in [6, 6.07) is 5.07. The van der Waals surface area contributed by atoms with E-state index in [4.69, 9.17) is 9.47 Å². The number of methoxy groups -OCH3 is 1. The maximum atomic E-state index is 13.9. The lowest BCUT2D eigenvalue weighted by Crippen LogP contribution is -2.39. The topological polar surface area (TPSA) is 64.6 Å². The summed E-state index contributed by atoms with van der Waals surface area (Å²) in [6.45, 7) is 5.58. The zero-order valence-electron chi connectivity index (χ0n) is 18.0. The second kappa shape index (κ2) is 8.49. The van der Waals surface area contributed by atoms with Crippen molar-refractivity contribution in [1.82, 2.24) is 5.32 Å². The Kier molecular flexibility index (Phi) is 6.32. The third-order valence-corrected chi connectivity index (χ3v) is 5.56. The Labute approximate surface area is 179 Å². The number of ketones is 1. The Balaban J connectivity index is 2.19. The molecule has 3 rings (SSSR count). The molecule has 0 fully saturated rings. The smallest absolute Gasteiger partial charge is 0.416 e. The van der Waals surface area contributed by atoms with Crippen LogP contribution in [0.15, 0.2) is 46.8 Å². The molecule has 1 aliphatic carbocycles. The Morgan fingerprint density at radius 2 is 1.87 bits per heavy atom. The lowest BCUT2D eigenvalue weighted by Gasteiger charge is -2.40. The highest BCUT2D eigenvalue weighted by Gasteiger charge is 2.46. The van der Waals surface area contributed by atoms with E-state index in [0.29, 0.717) is 17.8 Å². The molecule has 1 atom stereocenters. The van der Waals surface area contributed by atoms with Gasteiger partial charge in [0.2, 0.25) is 0 Å². The molecule has 1 aliphatic heterocycles. The Hall–Kier alpha value is -2.61. The van der Waals surface area contributed by atoms with E-state index in [9.17, 15) is 22.8 Å². The van der Waals surface area contributed by atoms with E-state index < -0.39 is 23.6 Å². The first-order valence-corrected chi connectivity index (χ1v) is 10.0. The molecule has 5 nitrogen and oxygen atoms in total. The fraction of sp³-hybridized carbons (Fsp3) is 0.478. The number of dihydropyridines is 1. The van der Waals surface area contributed by atoms with E-state index in [1.807, 2.05) is 13.8 Å². The summed E-state index contributed by atoms with van der Waals surface area (Å²) < 4.78 is 51.7. The summed E-state index contributed by atoms with van der Waals surface area (Å²) in [5, 5.41) is 3.11. The summed E-state index contributed by atoms with van der Waals surface area (Å²) in [6.07, 6.45) is -3.97. The highest BCUT2D eigenvalue weighted by Crippen LogP contribution is 2.49. The van der Waals surface area contributed by atoms with Gasteiger partial charge in [0.05, 0.1) is 17.7 Å². The molecule has 0 saturated carbocycles. The molecule has 0 spiro atoms. The van der Waals surface area contributed by atoms with Crippen molar-refractivity contribution in [2.45, 2.75) is 45.7 Å². The van der Waals surface area contributed by atoms with Gasteiger partial charge < -0.3 is 14.8 Å². The van der Waals surface area contributed by atoms with Crippen molar-refractivity contribution in [3.63, 3.8) is 0 Å². The van der Waals surface area contributed by atoms with Gasteiger partial charge >= 0.3 is 12.1 Å². The van der Waals surface area contributed by atoms with Crippen LogP contribution < -0.4 is 5.32 Å². The standard InChI is InChI=1S/C23H26F3NO4/c1-13-18(21(29)31-10-9-30-4)19(14-7-5-6-8-15(14)23(24,25)26)20-16(27-13)11-22(2,3)12-17(20)28/h5-8,19,27H,9-12H2,1-4H3/t19-/m0/s1. The summed E-state index contributed by atoms with van der Waals surface area (Å²) in [4.78, 5) is 26.1. The number of carbonyl (C=O) groups excluding carboxylic acids is 2. The van der Waals surface area contributed by atoms with Crippen LogP contribution in [0.25, 0.3) is 0 Å². The Bertz CT molecular complexity index is 960. The van der Waals surface area contributed by atoms with Gasteiger partial charge in [-0.3, -0.25) is 4.79 Å². The quantitative estimate of drug-likeness (QED) is 0.543. The van der Waals surface area contributed by atoms with Crippen LogP contribution in [0.2, 0.25) is 0 Å². The predicted molar refractivity (Wildman–Crippen MR) is 108 cm³/mol. The van der Waals surface area contributed by atoms with Crippen LogP contribution in [0.4, 0.5) is 13.2 Å². The van der Waals surface area contributed by atoms with E-state index in [-0.39, 0.29) is 47.5 Å². The van der Waals surface area contributed by atoms with Crippen LogP contribution in [0.5, 0.6) is 0 Å². The number of carbonyl (C=O) groups is 2. The van der Waals surface area contributed by atoms with Crippen LogP contribution in [-0.2, 0) is 25.2 Å². The molecular formula is C23H26F3NO4. The summed E-state index contributed by atoms with van der Waals surface area (Å²) >= 11 is 0. The van der Waals surface area contributed by atoms with E-state index in [1.165, 1.54) is 25.3 Å². The van der Waals surface area contributed by atoms with E-state index >= 15 is 0 Å². The van der Waals surface area contributed by atoms with E-state index in [2.05, 4.69) is 5.32 Å². The fourth-order valence-electron chi connectivity index (χ4n) is 4.32. The summed E-state index contributed by atoms with van der Waals surface area (Å²) in [5.74, 6) is -2.20. The van der Waals surface area contributed by atoms with Gasteiger partial charge in [-0.2, -0.15) is 13.2 Å². The van der Waals surface area contributed by atoms with Crippen LogP contribution in [-0.4, -0.2) is 32.1 Å². The number of rotatable bonds is 5. The van der Waals surface area contributed by atoms with Gasteiger partial charge in [-0.1, -0.05) is 32.0 Å². The zero-order chi connectivity index (χ0) is 23.0. The van der Waals surface area contributed by atoms with E-state index in [1.54, 1.807) is 6.92 Å². The second-order valence-electron chi connectivity index (χ2n) is 8.64. The van der Waals surface area contributed by atoms with Crippen molar-refractivity contribution in [3.8, 4) is 0 Å². The average molecular weight is 437 g/mol. The number of ether oxygens (including phenoxy) is 2. The largest absolute Gasteiger partial charge is 0.460 e. The third-order valence-electron chi connectivity index (χ3n) is 5.56. The Morgan fingerprint density at radius 1 is 1.19 bits per heavy atom. The van der Waals surface area contributed by atoms with E-state index in [0.717, 1.165) is 6.07 Å². The number of halogens is 3. The molecule has 0 unspecified atom stereocenters. The molecule has 0 saturated heterocycles. The predicted octanol–water partition coefficient (Wildman–Crippen LogP) is 4.50. The molecule has 168 valence electrons. The monoisotopic (exact) mass is 437 g/mol. The number of esters is 1. The van der Waals surface area contributed by atoms with Gasteiger partial charge in [-0.15, -0.1) is 0 Å². The first-order chi connectivity index (χ1) is 14.5. The number of allylic oxidation sites excluding steroid dienone is 3. The lowest BCUT2D eigenvalue weighted by molar-refractivity contribution is -0.142. The van der Waals surface area contributed by atoms with Crippen molar-refractivity contribution in [1.29, 1.82) is 0 Å². The molecule has 1 heterocycles. The SMILES string of the molecule is COCCOC(=O)C1=C(C)NC2=C(C(=O)CC(C)(C)C2)[C@H]1c1ccccc1C(F)(F)F. The van der Waals surface area contributed by atoms with Crippen LogP contribution >= 0.6 is 0 Å². The van der Waals surface area contributed by atoms with Gasteiger partial charge in [0, 0.05) is 36.4 Å². The summed E-state index contributed by atoms with van der Waals surface area (Å²) in [5.41, 5.74) is -0.174. The minimum Gasteiger partial charge on any atom is -0.460 e. The number of benzene rings is 1. The van der Waals surface area contributed by atoms with Crippen molar-refractivity contribution in [3.05, 3.63) is 57.9 Å². The molecule has 0 bridgehead atoms. The average Bonchev–Trinajstić information content (AvgIpc) is 2.65. The summed E-state index contributed by atoms with van der Waals surface area (Å²) in [7, 11) is 1.45. The molecule has 31 heavy (non-hydrogen) atoms. The molecule has 1 aromatic rings. The van der Waals surface area contributed by atoms with Crippen molar-refractivity contribution < 1.29 is 32.2 Å². The van der Waals surface area contributed by atoms with Gasteiger partial charge in [-0.25, -0.2) is 4.79 Å². The van der Waals surface area contributed by atoms with Crippen molar-refractivity contribution in [2.24, 2.45) is 5.41 Å². The molecule has 0 aromatic heterocycles. The van der Waals surface area contributed by atoms with Gasteiger partial charge in [-0.05, 0) is 30.4 Å². The molecule has 0 radical (unpaired) electrons. The number of hydrogen-bond acceptors (Lipinski definition) is 5. The number of Topliss-reactive ketones (excluding diaryl/α,β-unsaturated/α-hetero) is 1. The minimum absolute atomic E-state index is 0.0135. The number of nitrogens with one attached hydrogen (secondary N) is 1. The van der Waals surface area contributed by atoms with Gasteiger partial charge in [0.1, 0.15) is 6.61 Å². The first kappa shape index (κ1) is 23.1. The molecular weight excluding hydrogens is 411 g/mol. The highest BCUT2D eigenvalue weighted by atomic mass is 19.4. The number of hydrogen-bond donors (Lipinski definition) is 1. The van der Waals surface area contributed by atoms with Crippen LogP contribution in [0.3, 0.4) is 0 Å². The van der Waals surface area contributed by atoms with Crippen LogP contribution in [0, 0.1) is 5.41 Å². The molecule has 2 aliphatic rings. The zero-order valence-corrected chi connectivity index (χ0v) is 18.0. The highest BCUT2D eigenvalue weighted by molar-refractivity contribution is 6.04. The molecule has 0 amide bonds. The normalized spacial score (nSPS) is 21.0. The molecule has 8 heteroatoms. The van der Waals surface area contributed by atoms with Crippen molar-refractivity contribution >= 4 is 11.8 Å². The number of alkyl halides is 3. The van der Waals surface area contributed by atoms with Gasteiger partial charge in [0.15, 0.2) is 5.78 Å². The maximum absolute atomic E-state index is 13.9. The van der Waals surface area contributed by atoms with Gasteiger partial charge in [0.25, 0.3) is 0 Å². The van der Waals surface area contributed by atoms with Crippen molar-refractivity contribution in [2.75, 3.05) is 20.3 Å². The third kappa shape index (κ3) is 4.69. The lowest BCUT2D eigenvalue weighted by atomic mass is 9.68. The molecule has 1 aromatic carbocycles. The minimum atomic E-state index is -4.64. The molecule has 1 N–H and O–H groups in total. The van der Waals surface area contributed by atoms with Crippen LogP contribution in [0.1, 0.15) is 50.7 Å².